The second kappa shape index (κ2) is 11.9. The van der Waals surface area contributed by atoms with E-state index in [0.717, 1.165) is 42.1 Å². The highest BCUT2D eigenvalue weighted by Crippen LogP contribution is 2.28. The van der Waals surface area contributed by atoms with Gasteiger partial charge in [-0.25, -0.2) is 9.97 Å². The van der Waals surface area contributed by atoms with Crippen LogP contribution in [0.3, 0.4) is 0 Å². The number of amides is 2. The maximum absolute atomic E-state index is 12.7. The minimum atomic E-state index is -0.303. The molecule has 2 aromatic heterocycles. The van der Waals surface area contributed by atoms with E-state index in [1.807, 2.05) is 47.7 Å². The van der Waals surface area contributed by atoms with Crippen molar-refractivity contribution < 1.29 is 14.3 Å². The number of likely N-dealkylation sites (N-methyl/N-ethyl adjacent to an activating group) is 1. The van der Waals surface area contributed by atoms with E-state index < -0.39 is 0 Å². The van der Waals surface area contributed by atoms with E-state index in [1.165, 1.54) is 11.3 Å². The van der Waals surface area contributed by atoms with Gasteiger partial charge in [-0.05, 0) is 24.7 Å². The Morgan fingerprint density at radius 3 is 2.63 bits per heavy atom. The molecule has 0 spiro atoms. The molecule has 35 heavy (non-hydrogen) atoms. The van der Waals surface area contributed by atoms with Gasteiger partial charge in [0.2, 0.25) is 5.91 Å². The Labute approximate surface area is 209 Å². The minimum absolute atomic E-state index is 0.0986. The first kappa shape index (κ1) is 24.8. The number of carbonyl (C=O) groups excluding carboxylic acids is 2. The molecular formula is C25H30N6O3S. The largest absolute Gasteiger partial charge is 0.375 e. The van der Waals surface area contributed by atoms with Gasteiger partial charge in [-0.15, -0.1) is 11.3 Å². The highest BCUT2D eigenvalue weighted by atomic mass is 32.1. The normalized spacial score (nSPS) is 13.7. The monoisotopic (exact) mass is 494 g/mol. The summed E-state index contributed by atoms with van der Waals surface area (Å²) >= 11 is 1.37. The number of rotatable bonds is 9. The molecule has 0 saturated carbocycles. The number of hydrogen-bond acceptors (Lipinski definition) is 8. The van der Waals surface area contributed by atoms with Crippen LogP contribution in [0.4, 0.5) is 10.8 Å². The molecule has 0 radical (unpaired) electrons. The average Bonchev–Trinajstić information content (AvgIpc) is 3.35. The lowest BCUT2D eigenvalue weighted by Gasteiger charge is -2.35. The Kier molecular flexibility index (Phi) is 8.40. The summed E-state index contributed by atoms with van der Waals surface area (Å²) in [5.74, 6) is -0.205. The van der Waals surface area contributed by atoms with Gasteiger partial charge in [0, 0.05) is 50.6 Å². The standard InChI is InChI=1S/C25H30N6O3S/c1-18(32)30-10-12-31(13-11-30)20-7-8-22(27-15-20)24(33)29-25-28-23(17-35-25)21-6-4-3-5-19(21)16-34-14-9-26-2/h3-8,15,17,26H,9-14,16H2,1-2H3,(H,28,29,33). The van der Waals surface area contributed by atoms with Crippen LogP contribution in [0.2, 0.25) is 0 Å². The number of thiazole rings is 1. The summed E-state index contributed by atoms with van der Waals surface area (Å²) in [5, 5.41) is 8.36. The van der Waals surface area contributed by atoms with Crippen molar-refractivity contribution in [3.8, 4) is 11.3 Å². The van der Waals surface area contributed by atoms with Crippen LogP contribution in [0.25, 0.3) is 11.3 Å². The Morgan fingerprint density at radius 1 is 1.11 bits per heavy atom. The van der Waals surface area contributed by atoms with Crippen molar-refractivity contribution in [2.24, 2.45) is 0 Å². The lowest BCUT2D eigenvalue weighted by molar-refractivity contribution is -0.129. The first-order valence-electron chi connectivity index (χ1n) is 11.6. The number of anilines is 2. The van der Waals surface area contributed by atoms with E-state index in [9.17, 15) is 9.59 Å². The average molecular weight is 495 g/mol. The van der Waals surface area contributed by atoms with Crippen LogP contribution in [0.15, 0.2) is 48.0 Å². The second-order valence-electron chi connectivity index (χ2n) is 8.20. The molecular weight excluding hydrogens is 464 g/mol. The van der Waals surface area contributed by atoms with Gasteiger partial charge >= 0.3 is 0 Å². The number of nitrogens with one attached hydrogen (secondary N) is 2. The van der Waals surface area contributed by atoms with E-state index in [0.29, 0.717) is 37.1 Å². The number of carbonyl (C=O) groups is 2. The van der Waals surface area contributed by atoms with Crippen molar-refractivity contribution in [1.82, 2.24) is 20.2 Å². The van der Waals surface area contributed by atoms with Gasteiger partial charge < -0.3 is 19.9 Å². The minimum Gasteiger partial charge on any atom is -0.375 e. The SMILES string of the molecule is CNCCOCc1ccccc1-c1csc(NC(=O)c2ccc(N3CCN(C(C)=O)CC3)cn2)n1. The molecule has 2 N–H and O–H groups in total. The summed E-state index contributed by atoms with van der Waals surface area (Å²) in [6.07, 6.45) is 1.70. The summed E-state index contributed by atoms with van der Waals surface area (Å²) in [4.78, 5) is 37.2. The summed E-state index contributed by atoms with van der Waals surface area (Å²) in [6.45, 7) is 6.38. The lowest BCUT2D eigenvalue weighted by Crippen LogP contribution is -2.48. The fourth-order valence-corrected chi connectivity index (χ4v) is 4.56. The van der Waals surface area contributed by atoms with Crippen LogP contribution in [0.5, 0.6) is 0 Å². The highest BCUT2D eigenvalue weighted by molar-refractivity contribution is 7.14. The van der Waals surface area contributed by atoms with Crippen molar-refractivity contribution in [3.63, 3.8) is 0 Å². The van der Waals surface area contributed by atoms with Crippen molar-refractivity contribution in [2.45, 2.75) is 13.5 Å². The van der Waals surface area contributed by atoms with Crippen molar-refractivity contribution in [2.75, 3.05) is 56.6 Å². The molecule has 4 rings (SSSR count). The van der Waals surface area contributed by atoms with E-state index in [4.69, 9.17) is 4.74 Å². The lowest BCUT2D eigenvalue weighted by atomic mass is 10.1. The Hall–Kier alpha value is -3.34. The zero-order chi connectivity index (χ0) is 24.6. The Balaban J connectivity index is 1.36. The molecule has 1 fully saturated rings. The predicted octanol–water partition coefficient (Wildman–Crippen LogP) is 2.86. The molecule has 2 amide bonds. The van der Waals surface area contributed by atoms with Gasteiger partial charge in [-0.2, -0.15) is 0 Å². The molecule has 3 aromatic rings. The summed E-state index contributed by atoms with van der Waals surface area (Å²) in [6, 6.07) is 11.6. The topological polar surface area (TPSA) is 99.7 Å². The molecule has 1 aromatic carbocycles. The summed E-state index contributed by atoms with van der Waals surface area (Å²) in [5.41, 5.74) is 4.10. The third-order valence-corrected chi connectivity index (χ3v) is 6.60. The van der Waals surface area contributed by atoms with Crippen molar-refractivity contribution in [3.05, 3.63) is 59.2 Å². The van der Waals surface area contributed by atoms with Gasteiger partial charge in [0.15, 0.2) is 5.13 Å². The molecule has 1 aliphatic rings. The Bertz CT molecular complexity index is 1140. The zero-order valence-corrected chi connectivity index (χ0v) is 20.8. The summed E-state index contributed by atoms with van der Waals surface area (Å²) in [7, 11) is 1.89. The first-order chi connectivity index (χ1) is 17.0. The van der Waals surface area contributed by atoms with Crippen LogP contribution in [0.1, 0.15) is 23.0 Å². The molecule has 0 unspecified atom stereocenters. The zero-order valence-electron chi connectivity index (χ0n) is 20.0. The van der Waals surface area contributed by atoms with E-state index in [-0.39, 0.29) is 11.8 Å². The molecule has 1 aliphatic heterocycles. The van der Waals surface area contributed by atoms with Crippen LogP contribution < -0.4 is 15.5 Å². The highest BCUT2D eigenvalue weighted by Gasteiger charge is 2.19. The van der Waals surface area contributed by atoms with Gasteiger partial charge in [-0.3, -0.25) is 14.9 Å². The molecule has 10 heteroatoms. The Morgan fingerprint density at radius 2 is 1.91 bits per heavy atom. The van der Waals surface area contributed by atoms with Crippen LogP contribution in [-0.2, 0) is 16.1 Å². The van der Waals surface area contributed by atoms with E-state index >= 15 is 0 Å². The van der Waals surface area contributed by atoms with Gasteiger partial charge in [0.05, 0.1) is 30.8 Å². The molecule has 3 heterocycles. The van der Waals surface area contributed by atoms with E-state index in [2.05, 4.69) is 25.5 Å². The quantitative estimate of drug-likeness (QED) is 0.441. The van der Waals surface area contributed by atoms with Gasteiger partial charge in [0.25, 0.3) is 5.91 Å². The molecule has 184 valence electrons. The van der Waals surface area contributed by atoms with Crippen molar-refractivity contribution in [1.29, 1.82) is 0 Å². The number of ether oxygens (including phenoxy) is 1. The number of nitrogens with zero attached hydrogens (tertiary/aromatic N) is 4. The van der Waals surface area contributed by atoms with Crippen LogP contribution in [0, 0.1) is 0 Å². The smallest absolute Gasteiger partial charge is 0.276 e. The molecule has 0 atom stereocenters. The number of pyridine rings is 1. The fourth-order valence-electron chi connectivity index (χ4n) is 3.86. The van der Waals surface area contributed by atoms with Gasteiger partial charge in [0.1, 0.15) is 5.69 Å². The third kappa shape index (κ3) is 6.41. The van der Waals surface area contributed by atoms with E-state index in [1.54, 1.807) is 19.2 Å². The molecule has 9 nitrogen and oxygen atoms in total. The molecule has 1 saturated heterocycles. The number of piperazine rings is 1. The maximum atomic E-state index is 12.7. The third-order valence-electron chi connectivity index (χ3n) is 5.84. The number of hydrogen-bond donors (Lipinski definition) is 2. The second-order valence-corrected chi connectivity index (χ2v) is 9.06. The van der Waals surface area contributed by atoms with Crippen LogP contribution in [-0.4, -0.2) is 73.1 Å². The molecule has 0 bridgehead atoms. The predicted molar refractivity (Wildman–Crippen MR) is 138 cm³/mol. The number of benzene rings is 1. The molecule has 0 aliphatic carbocycles. The summed E-state index contributed by atoms with van der Waals surface area (Å²) < 4.78 is 5.73. The van der Waals surface area contributed by atoms with Crippen LogP contribution >= 0.6 is 11.3 Å². The van der Waals surface area contributed by atoms with Gasteiger partial charge in [-0.1, -0.05) is 24.3 Å². The number of aromatic nitrogens is 2. The fraction of sp³-hybridized carbons (Fsp3) is 0.360. The van der Waals surface area contributed by atoms with Crippen molar-refractivity contribution >= 4 is 34.0 Å². The first-order valence-corrected chi connectivity index (χ1v) is 12.5. The maximum Gasteiger partial charge on any atom is 0.276 e.